The minimum atomic E-state index is 0.237. The second-order valence-electron chi connectivity index (χ2n) is 5.44. The lowest BCUT2D eigenvalue weighted by atomic mass is 10.0. The number of ether oxygens (including phenoxy) is 1. The van der Waals surface area contributed by atoms with Crippen molar-refractivity contribution in [2.45, 2.75) is 20.0 Å². The molecule has 0 unspecified atom stereocenters. The van der Waals surface area contributed by atoms with Gasteiger partial charge in [0.1, 0.15) is 0 Å². The number of nitrogens with one attached hydrogen (secondary N) is 1. The predicted molar refractivity (Wildman–Crippen MR) is 70.5 cm³/mol. The lowest BCUT2D eigenvalue weighted by molar-refractivity contribution is -0.138. The number of carbonyl (C=O) groups is 1. The van der Waals surface area contributed by atoms with Crippen LogP contribution in [0.15, 0.2) is 0 Å². The molecule has 0 bridgehead atoms. The fourth-order valence-corrected chi connectivity index (χ4v) is 2.33. The number of hydrogen-bond donors (Lipinski definition) is 1. The molecule has 5 heteroatoms. The first-order chi connectivity index (χ1) is 8.66. The van der Waals surface area contributed by atoms with Crippen molar-refractivity contribution in [3.8, 4) is 0 Å². The Morgan fingerprint density at radius 1 is 1.28 bits per heavy atom. The van der Waals surface area contributed by atoms with Crippen LogP contribution in [0.25, 0.3) is 0 Å². The highest BCUT2D eigenvalue weighted by molar-refractivity contribution is 5.80. The maximum absolute atomic E-state index is 12.0. The van der Waals surface area contributed by atoms with Crippen molar-refractivity contribution in [3.05, 3.63) is 0 Å². The third kappa shape index (κ3) is 3.67. The number of piperazine rings is 1. The first kappa shape index (κ1) is 13.8. The molecule has 2 aliphatic rings. The number of carbonyl (C=O) groups excluding carboxylic acids is 1. The smallest absolute Gasteiger partial charge is 0.228 e. The van der Waals surface area contributed by atoms with E-state index in [1.165, 1.54) is 0 Å². The Bertz CT molecular complexity index is 271. The minimum absolute atomic E-state index is 0.237. The van der Waals surface area contributed by atoms with E-state index in [0.717, 1.165) is 52.4 Å². The first-order valence-corrected chi connectivity index (χ1v) is 7.00. The van der Waals surface area contributed by atoms with Crippen LogP contribution in [0.2, 0.25) is 0 Å². The zero-order chi connectivity index (χ0) is 13.0. The van der Waals surface area contributed by atoms with Crippen molar-refractivity contribution in [1.29, 1.82) is 0 Å². The average molecular weight is 255 g/mol. The summed E-state index contributed by atoms with van der Waals surface area (Å²) in [6.07, 6.45) is 0.305. The SMILES string of the molecule is CC(C)OCCN1CCN(C(=O)C2CNC2)CC1. The van der Waals surface area contributed by atoms with Gasteiger partial charge in [0.25, 0.3) is 0 Å². The Hall–Kier alpha value is -0.650. The molecule has 1 amide bonds. The highest BCUT2D eigenvalue weighted by atomic mass is 16.5. The molecule has 2 aliphatic heterocycles. The van der Waals surface area contributed by atoms with E-state index in [0.29, 0.717) is 12.0 Å². The molecule has 1 N–H and O–H groups in total. The molecule has 2 fully saturated rings. The standard InChI is InChI=1S/C13H25N3O2/c1-11(2)18-8-7-15-3-5-16(6-4-15)13(17)12-9-14-10-12/h11-12,14H,3-10H2,1-2H3. The van der Waals surface area contributed by atoms with Gasteiger partial charge < -0.3 is 15.0 Å². The molecule has 2 heterocycles. The van der Waals surface area contributed by atoms with Crippen LogP contribution < -0.4 is 5.32 Å². The Kier molecular flexibility index (Phi) is 4.97. The fraction of sp³-hybridized carbons (Fsp3) is 0.923. The predicted octanol–water partition coefficient (Wildman–Crippen LogP) is -0.225. The van der Waals surface area contributed by atoms with Gasteiger partial charge in [0, 0.05) is 45.8 Å². The molecule has 0 aromatic rings. The molecule has 2 rings (SSSR count). The van der Waals surface area contributed by atoms with Gasteiger partial charge in [0.15, 0.2) is 0 Å². The van der Waals surface area contributed by atoms with Crippen molar-refractivity contribution >= 4 is 5.91 Å². The molecule has 2 saturated heterocycles. The molecular weight excluding hydrogens is 230 g/mol. The summed E-state index contributed by atoms with van der Waals surface area (Å²) in [5, 5.41) is 3.15. The van der Waals surface area contributed by atoms with Crippen molar-refractivity contribution in [1.82, 2.24) is 15.1 Å². The number of rotatable bonds is 5. The van der Waals surface area contributed by atoms with Gasteiger partial charge >= 0.3 is 0 Å². The minimum Gasteiger partial charge on any atom is -0.377 e. The van der Waals surface area contributed by atoms with E-state index in [9.17, 15) is 4.79 Å². The lowest BCUT2D eigenvalue weighted by Crippen LogP contribution is -2.56. The Morgan fingerprint density at radius 3 is 2.44 bits per heavy atom. The topological polar surface area (TPSA) is 44.8 Å². The van der Waals surface area contributed by atoms with Crippen molar-refractivity contribution in [3.63, 3.8) is 0 Å². The van der Waals surface area contributed by atoms with Gasteiger partial charge in [0.05, 0.1) is 18.6 Å². The maximum atomic E-state index is 12.0. The van der Waals surface area contributed by atoms with Crippen LogP contribution in [-0.4, -0.2) is 74.2 Å². The summed E-state index contributed by atoms with van der Waals surface area (Å²) in [4.78, 5) is 16.4. The largest absolute Gasteiger partial charge is 0.377 e. The molecule has 18 heavy (non-hydrogen) atoms. The Labute approximate surface area is 109 Å². The van der Waals surface area contributed by atoms with Crippen LogP contribution in [-0.2, 0) is 9.53 Å². The van der Waals surface area contributed by atoms with Crippen molar-refractivity contribution < 1.29 is 9.53 Å². The quantitative estimate of drug-likeness (QED) is 0.737. The second kappa shape index (κ2) is 6.50. The zero-order valence-corrected chi connectivity index (χ0v) is 11.5. The van der Waals surface area contributed by atoms with Crippen molar-refractivity contribution in [2.75, 3.05) is 52.4 Å². The van der Waals surface area contributed by atoms with Crippen LogP contribution in [0.1, 0.15) is 13.8 Å². The molecular formula is C13H25N3O2. The third-order valence-corrected chi connectivity index (χ3v) is 3.67. The summed E-state index contributed by atoms with van der Waals surface area (Å²) in [7, 11) is 0. The molecule has 0 atom stereocenters. The van der Waals surface area contributed by atoms with Crippen LogP contribution >= 0.6 is 0 Å². The monoisotopic (exact) mass is 255 g/mol. The Balaban J connectivity index is 1.63. The molecule has 0 aliphatic carbocycles. The fourth-order valence-electron chi connectivity index (χ4n) is 2.33. The van der Waals surface area contributed by atoms with E-state index in [1.807, 2.05) is 4.90 Å². The van der Waals surface area contributed by atoms with E-state index in [4.69, 9.17) is 4.74 Å². The summed E-state index contributed by atoms with van der Waals surface area (Å²) in [5.41, 5.74) is 0. The first-order valence-electron chi connectivity index (χ1n) is 7.00. The normalized spacial score (nSPS) is 22.3. The maximum Gasteiger partial charge on any atom is 0.228 e. The van der Waals surface area contributed by atoms with Crippen LogP contribution in [0, 0.1) is 5.92 Å². The van der Waals surface area contributed by atoms with Gasteiger partial charge in [-0.1, -0.05) is 0 Å². The number of nitrogens with zero attached hydrogens (tertiary/aromatic N) is 2. The number of amides is 1. The zero-order valence-electron chi connectivity index (χ0n) is 11.5. The molecule has 104 valence electrons. The van der Waals surface area contributed by atoms with Gasteiger partial charge in [-0.3, -0.25) is 9.69 Å². The van der Waals surface area contributed by atoms with Crippen LogP contribution in [0.4, 0.5) is 0 Å². The highest BCUT2D eigenvalue weighted by Crippen LogP contribution is 2.11. The lowest BCUT2D eigenvalue weighted by Gasteiger charge is -2.38. The van der Waals surface area contributed by atoms with Crippen molar-refractivity contribution in [2.24, 2.45) is 5.92 Å². The second-order valence-corrected chi connectivity index (χ2v) is 5.44. The molecule has 0 aromatic carbocycles. The van der Waals surface area contributed by atoms with Gasteiger partial charge in [0.2, 0.25) is 5.91 Å². The van der Waals surface area contributed by atoms with Crippen LogP contribution in [0.3, 0.4) is 0 Å². The van der Waals surface area contributed by atoms with E-state index in [1.54, 1.807) is 0 Å². The van der Waals surface area contributed by atoms with Crippen LogP contribution in [0.5, 0.6) is 0 Å². The van der Waals surface area contributed by atoms with E-state index in [-0.39, 0.29) is 5.92 Å². The average Bonchev–Trinajstić information content (AvgIpc) is 2.27. The van der Waals surface area contributed by atoms with Gasteiger partial charge in [-0.2, -0.15) is 0 Å². The Morgan fingerprint density at radius 2 is 1.94 bits per heavy atom. The number of hydrogen-bond acceptors (Lipinski definition) is 4. The summed E-state index contributed by atoms with van der Waals surface area (Å²) < 4.78 is 5.55. The summed E-state index contributed by atoms with van der Waals surface area (Å²) in [5.74, 6) is 0.577. The third-order valence-electron chi connectivity index (χ3n) is 3.67. The van der Waals surface area contributed by atoms with E-state index in [2.05, 4.69) is 24.1 Å². The molecule has 0 saturated carbocycles. The van der Waals surface area contributed by atoms with Gasteiger partial charge in [-0.25, -0.2) is 0 Å². The van der Waals surface area contributed by atoms with E-state index < -0.39 is 0 Å². The van der Waals surface area contributed by atoms with E-state index >= 15 is 0 Å². The molecule has 5 nitrogen and oxygen atoms in total. The summed E-state index contributed by atoms with van der Waals surface area (Å²) >= 11 is 0. The van der Waals surface area contributed by atoms with Gasteiger partial charge in [-0.05, 0) is 13.8 Å². The molecule has 0 spiro atoms. The molecule has 0 radical (unpaired) electrons. The van der Waals surface area contributed by atoms with Gasteiger partial charge in [-0.15, -0.1) is 0 Å². The summed E-state index contributed by atoms with van der Waals surface area (Å²) in [6, 6.07) is 0. The summed E-state index contributed by atoms with van der Waals surface area (Å²) in [6.45, 7) is 11.3. The highest BCUT2D eigenvalue weighted by Gasteiger charge is 2.30. The molecule has 0 aromatic heterocycles.